The van der Waals surface area contributed by atoms with Crippen molar-refractivity contribution in [1.82, 2.24) is 9.80 Å². The van der Waals surface area contributed by atoms with E-state index in [9.17, 15) is 14.4 Å². The first-order valence-electron chi connectivity index (χ1n) is 11.0. The van der Waals surface area contributed by atoms with Crippen molar-refractivity contribution in [1.29, 1.82) is 0 Å². The van der Waals surface area contributed by atoms with Crippen LogP contribution in [-0.4, -0.2) is 73.7 Å². The Kier molecular flexibility index (Phi) is 5.40. The summed E-state index contributed by atoms with van der Waals surface area (Å²) in [7, 11) is -1.22. The van der Waals surface area contributed by atoms with E-state index in [0.717, 1.165) is 31.7 Å². The zero-order valence-electron chi connectivity index (χ0n) is 18.0. The highest BCUT2D eigenvalue weighted by Crippen LogP contribution is 2.55. The molecular formula is C21H34N2O5Si. The van der Waals surface area contributed by atoms with Crippen molar-refractivity contribution in [2.24, 2.45) is 5.41 Å². The lowest BCUT2D eigenvalue weighted by molar-refractivity contribution is -0.139. The maximum Gasteiger partial charge on any atom is 0.329 e. The Morgan fingerprint density at radius 2 is 1.79 bits per heavy atom. The van der Waals surface area contributed by atoms with E-state index in [0.29, 0.717) is 38.3 Å². The van der Waals surface area contributed by atoms with Gasteiger partial charge >= 0.3 is 6.03 Å². The van der Waals surface area contributed by atoms with Crippen LogP contribution in [0.25, 0.3) is 0 Å². The molecule has 1 atom stereocenters. The number of nitrogens with zero attached hydrogens (tertiary/aromatic N) is 2. The maximum atomic E-state index is 13.3. The fraction of sp³-hybridized carbons (Fsp3) is 0.857. The summed E-state index contributed by atoms with van der Waals surface area (Å²) in [6.07, 6.45) is 5.51. The third-order valence-corrected chi connectivity index (χ3v) is 9.03. The third-order valence-electron chi connectivity index (χ3n) is 7.33. The first kappa shape index (κ1) is 21.0. The molecule has 2 spiro atoms. The minimum absolute atomic E-state index is 0.0345. The fourth-order valence-corrected chi connectivity index (χ4v) is 6.17. The number of urea groups is 1. The minimum Gasteiger partial charge on any atom is -0.378 e. The Morgan fingerprint density at radius 1 is 1.10 bits per heavy atom. The maximum absolute atomic E-state index is 13.3. The van der Waals surface area contributed by atoms with Crippen LogP contribution < -0.4 is 0 Å². The Morgan fingerprint density at radius 3 is 2.38 bits per heavy atom. The van der Waals surface area contributed by atoms with Gasteiger partial charge in [0.2, 0.25) is 0 Å². The van der Waals surface area contributed by atoms with Crippen molar-refractivity contribution in [3.05, 3.63) is 0 Å². The predicted molar refractivity (Wildman–Crippen MR) is 110 cm³/mol. The number of amides is 3. The molecule has 4 fully saturated rings. The first-order chi connectivity index (χ1) is 13.7. The van der Waals surface area contributed by atoms with Crippen LogP contribution in [0.15, 0.2) is 0 Å². The standard InChI is InChI=1S/C21H34N2O5Si/c1-29(2,3)11-10-28-15-22-18(25)21(8-9-27-14-21)23(19(22)26)16-12-20(13-16)6-4-17(24)5-7-20/h16H,4-15H2,1-3H3/t21-/m0/s1. The average Bonchev–Trinajstić information content (AvgIpc) is 3.17. The zero-order chi connectivity index (χ0) is 20.9. The molecule has 2 saturated carbocycles. The molecule has 0 aromatic rings. The van der Waals surface area contributed by atoms with Gasteiger partial charge in [-0.15, -0.1) is 0 Å². The van der Waals surface area contributed by atoms with Crippen LogP contribution in [0.5, 0.6) is 0 Å². The molecule has 3 amide bonds. The van der Waals surface area contributed by atoms with Gasteiger partial charge < -0.3 is 14.4 Å². The summed E-state index contributed by atoms with van der Waals surface area (Å²) >= 11 is 0. The summed E-state index contributed by atoms with van der Waals surface area (Å²) in [4.78, 5) is 41.3. The number of Topliss-reactive ketones (excluding diaryl/α,β-unsaturated/α-hetero) is 1. The highest BCUT2D eigenvalue weighted by Gasteiger charge is 2.64. The Hall–Kier alpha value is -1.25. The summed E-state index contributed by atoms with van der Waals surface area (Å²) in [5.41, 5.74) is -0.667. The third kappa shape index (κ3) is 3.79. The molecule has 2 aliphatic heterocycles. The second-order valence-corrected chi connectivity index (χ2v) is 16.3. The molecule has 2 heterocycles. The van der Waals surface area contributed by atoms with Gasteiger partial charge in [0, 0.05) is 46.6 Å². The molecule has 0 aromatic carbocycles. The number of carbonyl (C=O) groups is 3. The number of imide groups is 1. The highest BCUT2D eigenvalue weighted by molar-refractivity contribution is 6.76. The molecule has 162 valence electrons. The first-order valence-corrected chi connectivity index (χ1v) is 14.7. The summed E-state index contributed by atoms with van der Waals surface area (Å²) in [5.74, 6) is 0.196. The second kappa shape index (κ2) is 7.46. The van der Waals surface area contributed by atoms with Crippen molar-refractivity contribution in [3.63, 3.8) is 0 Å². The van der Waals surface area contributed by atoms with Gasteiger partial charge in [0.1, 0.15) is 18.1 Å². The van der Waals surface area contributed by atoms with Crippen LogP contribution in [0.3, 0.4) is 0 Å². The Balaban J connectivity index is 1.43. The summed E-state index contributed by atoms with van der Waals surface area (Å²) in [6, 6.07) is 0.846. The van der Waals surface area contributed by atoms with Crippen LogP contribution >= 0.6 is 0 Å². The Labute approximate surface area is 174 Å². The number of hydrogen-bond acceptors (Lipinski definition) is 5. The number of hydrogen-bond donors (Lipinski definition) is 0. The van der Waals surface area contributed by atoms with E-state index in [1.54, 1.807) is 0 Å². The van der Waals surface area contributed by atoms with Gasteiger partial charge in [0.05, 0.1) is 6.61 Å². The van der Waals surface area contributed by atoms with Crippen LogP contribution in [0, 0.1) is 5.41 Å². The molecule has 0 N–H and O–H groups in total. The van der Waals surface area contributed by atoms with Gasteiger partial charge in [0.15, 0.2) is 0 Å². The van der Waals surface area contributed by atoms with Gasteiger partial charge in [-0.3, -0.25) is 9.59 Å². The van der Waals surface area contributed by atoms with E-state index in [2.05, 4.69) is 19.6 Å². The van der Waals surface area contributed by atoms with Gasteiger partial charge in [-0.2, -0.15) is 0 Å². The molecule has 0 bridgehead atoms. The second-order valence-electron chi connectivity index (χ2n) is 10.7. The summed E-state index contributed by atoms with van der Waals surface area (Å²) in [5, 5.41) is 0. The molecule has 0 radical (unpaired) electrons. The predicted octanol–water partition coefficient (Wildman–Crippen LogP) is 3.01. The largest absolute Gasteiger partial charge is 0.378 e. The highest BCUT2D eigenvalue weighted by atomic mass is 28.3. The van der Waals surface area contributed by atoms with Crippen LogP contribution in [0.2, 0.25) is 25.7 Å². The molecule has 7 nitrogen and oxygen atoms in total. The number of rotatable bonds is 6. The quantitative estimate of drug-likeness (QED) is 0.374. The molecule has 0 unspecified atom stereocenters. The zero-order valence-corrected chi connectivity index (χ0v) is 19.0. The van der Waals surface area contributed by atoms with E-state index in [-0.39, 0.29) is 36.7 Å². The van der Waals surface area contributed by atoms with Crippen LogP contribution in [0.1, 0.15) is 44.9 Å². The Bertz CT molecular complexity index is 680. The van der Waals surface area contributed by atoms with E-state index in [1.165, 1.54) is 4.90 Å². The van der Waals surface area contributed by atoms with Gasteiger partial charge in [-0.1, -0.05) is 19.6 Å². The summed E-state index contributed by atoms with van der Waals surface area (Å²) in [6.45, 7) is 8.24. The van der Waals surface area contributed by atoms with Crippen LogP contribution in [-0.2, 0) is 19.1 Å². The molecule has 29 heavy (non-hydrogen) atoms. The number of carbonyl (C=O) groups excluding carboxylic acids is 3. The van der Waals surface area contributed by atoms with Gasteiger partial charge in [-0.05, 0) is 37.1 Å². The lowest BCUT2D eigenvalue weighted by Crippen LogP contribution is -2.61. The normalized spacial score (nSPS) is 30.1. The lowest BCUT2D eigenvalue weighted by Gasteiger charge is -2.54. The molecule has 4 rings (SSSR count). The molecular weight excluding hydrogens is 388 g/mol. The molecule has 4 aliphatic rings. The van der Waals surface area contributed by atoms with Crippen molar-refractivity contribution >= 4 is 25.8 Å². The smallest absolute Gasteiger partial charge is 0.329 e. The minimum atomic E-state index is -1.22. The fourth-order valence-electron chi connectivity index (χ4n) is 5.41. The average molecular weight is 423 g/mol. The van der Waals surface area contributed by atoms with Crippen molar-refractivity contribution in [2.75, 3.05) is 26.6 Å². The van der Waals surface area contributed by atoms with Gasteiger partial charge in [-0.25, -0.2) is 9.69 Å². The van der Waals surface area contributed by atoms with E-state index in [1.807, 2.05) is 4.90 Å². The number of ether oxygens (including phenoxy) is 2. The molecule has 8 heteroatoms. The number of ketones is 1. The van der Waals surface area contributed by atoms with Crippen molar-refractivity contribution in [2.45, 2.75) is 82.2 Å². The molecule has 2 saturated heterocycles. The summed E-state index contributed by atoms with van der Waals surface area (Å²) < 4.78 is 11.4. The monoisotopic (exact) mass is 422 g/mol. The van der Waals surface area contributed by atoms with Crippen molar-refractivity contribution < 1.29 is 23.9 Å². The SMILES string of the molecule is C[Si](C)(C)CCOCN1C(=O)N(C2CC3(CCC(=O)CC3)C2)[C@]2(CCOC2)C1=O. The topological polar surface area (TPSA) is 76.2 Å². The van der Waals surface area contributed by atoms with E-state index < -0.39 is 13.6 Å². The van der Waals surface area contributed by atoms with Crippen molar-refractivity contribution in [3.8, 4) is 0 Å². The van der Waals surface area contributed by atoms with Gasteiger partial charge in [0.25, 0.3) is 5.91 Å². The molecule has 0 aromatic heterocycles. The lowest BCUT2D eigenvalue weighted by atomic mass is 9.57. The molecule has 2 aliphatic carbocycles. The van der Waals surface area contributed by atoms with Crippen LogP contribution in [0.4, 0.5) is 4.79 Å². The van der Waals surface area contributed by atoms with E-state index >= 15 is 0 Å². The van der Waals surface area contributed by atoms with E-state index in [4.69, 9.17) is 9.47 Å².